The first-order valence-electron chi connectivity index (χ1n) is 15.1. The normalized spacial score (nSPS) is 27.0. The molecule has 47 heavy (non-hydrogen) atoms. The fourth-order valence-corrected chi connectivity index (χ4v) is 11.1. The summed E-state index contributed by atoms with van der Waals surface area (Å²) in [4.78, 5) is 67.5. The third kappa shape index (κ3) is 4.60. The topological polar surface area (TPSA) is 166 Å². The van der Waals surface area contributed by atoms with Gasteiger partial charge in [0.25, 0.3) is 11.4 Å². The number of rotatable bonds is 7. The number of nitro benzene ring substituents is 2. The van der Waals surface area contributed by atoms with E-state index in [4.69, 9.17) is 4.74 Å². The van der Waals surface area contributed by atoms with Crippen molar-refractivity contribution in [2.45, 2.75) is 36.1 Å². The van der Waals surface area contributed by atoms with Crippen LogP contribution in [0.4, 0.5) is 17.1 Å². The smallest absolute Gasteiger partial charge is 0.305 e. The van der Waals surface area contributed by atoms with Crippen LogP contribution in [0.2, 0.25) is 0 Å². The molecular formula is C33H26N4O8S2. The van der Waals surface area contributed by atoms with Crippen molar-refractivity contribution in [1.82, 2.24) is 4.98 Å². The van der Waals surface area contributed by atoms with E-state index in [1.165, 1.54) is 48.2 Å². The van der Waals surface area contributed by atoms with Crippen LogP contribution in [0.1, 0.15) is 33.9 Å². The first-order chi connectivity index (χ1) is 22.6. The summed E-state index contributed by atoms with van der Waals surface area (Å²) in [6.45, 7) is 2.22. The number of aryl methyl sites for hydroxylation is 1. The number of aromatic nitrogens is 1. The number of carbonyl (C=O) groups is 2. The molecule has 3 fully saturated rings. The number of nitrogens with one attached hydrogen (secondary N) is 1. The minimum Gasteiger partial charge on any atom is -0.489 e. The summed E-state index contributed by atoms with van der Waals surface area (Å²) in [6.07, 6.45) is 0.632. The van der Waals surface area contributed by atoms with Crippen molar-refractivity contribution in [2.24, 2.45) is 29.6 Å². The number of hydrogen-bond donors (Lipinski definition) is 1. The van der Waals surface area contributed by atoms with Gasteiger partial charge in [0.2, 0.25) is 11.8 Å². The molecule has 0 radical (unpaired) electrons. The van der Waals surface area contributed by atoms with E-state index in [0.29, 0.717) is 28.4 Å². The molecule has 2 aliphatic heterocycles. The number of fused-ring (bicyclic) bond motifs is 9. The molecule has 5 unspecified atom stereocenters. The molecule has 1 N–H and O–H groups in total. The minimum atomic E-state index is -0.611. The van der Waals surface area contributed by atoms with Crippen molar-refractivity contribution in [3.8, 4) is 5.75 Å². The number of imide groups is 1. The molecule has 2 saturated carbocycles. The van der Waals surface area contributed by atoms with Gasteiger partial charge in [-0.3, -0.25) is 39.5 Å². The van der Waals surface area contributed by atoms with E-state index in [-0.39, 0.29) is 57.7 Å². The molecule has 1 aromatic heterocycles. The molecule has 1 saturated heterocycles. The molecule has 7 atom stereocenters. The van der Waals surface area contributed by atoms with E-state index in [1.54, 1.807) is 6.07 Å². The average Bonchev–Trinajstić information content (AvgIpc) is 3.79. The molecule has 2 bridgehead atoms. The molecular weight excluding hydrogens is 645 g/mol. The van der Waals surface area contributed by atoms with Gasteiger partial charge in [0.15, 0.2) is 0 Å². The largest absolute Gasteiger partial charge is 0.489 e. The van der Waals surface area contributed by atoms with E-state index >= 15 is 0 Å². The number of ether oxygens (including phenoxy) is 1. The zero-order valence-corrected chi connectivity index (χ0v) is 26.4. The first-order valence-corrected chi connectivity index (χ1v) is 16.8. The Labute approximate surface area is 275 Å². The van der Waals surface area contributed by atoms with Crippen molar-refractivity contribution < 1.29 is 24.2 Å². The summed E-state index contributed by atoms with van der Waals surface area (Å²) in [7, 11) is 0. The Bertz CT molecular complexity index is 2040. The van der Waals surface area contributed by atoms with E-state index in [1.807, 2.05) is 31.2 Å². The molecule has 4 aromatic rings. The number of amides is 2. The van der Waals surface area contributed by atoms with Gasteiger partial charge in [-0.15, -0.1) is 11.8 Å². The number of anilines is 1. The zero-order valence-electron chi connectivity index (χ0n) is 24.7. The van der Waals surface area contributed by atoms with Crippen molar-refractivity contribution in [3.05, 3.63) is 118 Å². The lowest BCUT2D eigenvalue weighted by Gasteiger charge is -2.43. The number of nitro groups is 2. The summed E-state index contributed by atoms with van der Waals surface area (Å²) < 4.78 is 6.34. The Morgan fingerprint density at radius 1 is 0.894 bits per heavy atom. The first kappa shape index (κ1) is 29.6. The molecule has 0 spiro atoms. The van der Waals surface area contributed by atoms with Crippen LogP contribution < -0.4 is 14.5 Å². The maximum atomic E-state index is 14.1. The van der Waals surface area contributed by atoms with Crippen LogP contribution in [0, 0.1) is 56.7 Å². The molecule has 12 nitrogen and oxygen atoms in total. The Balaban J connectivity index is 1.20. The molecule has 8 rings (SSSR count). The molecule has 4 aliphatic rings. The maximum absolute atomic E-state index is 14.1. The Kier molecular flexibility index (Phi) is 6.84. The highest BCUT2D eigenvalue weighted by atomic mass is 32.2. The Morgan fingerprint density at radius 2 is 1.55 bits per heavy atom. The number of nitrogens with zero attached hydrogens (tertiary/aromatic N) is 3. The van der Waals surface area contributed by atoms with Crippen LogP contribution in [-0.4, -0.2) is 31.9 Å². The highest BCUT2D eigenvalue weighted by Gasteiger charge is 2.70. The number of thiazole rings is 1. The van der Waals surface area contributed by atoms with E-state index in [2.05, 4.69) is 4.98 Å². The third-order valence-corrected chi connectivity index (χ3v) is 12.7. The van der Waals surface area contributed by atoms with Crippen molar-refractivity contribution in [1.29, 1.82) is 0 Å². The Morgan fingerprint density at radius 3 is 2.23 bits per heavy atom. The van der Waals surface area contributed by atoms with E-state index in [9.17, 15) is 34.6 Å². The van der Waals surface area contributed by atoms with Gasteiger partial charge < -0.3 is 9.72 Å². The molecule has 2 amide bonds. The monoisotopic (exact) mass is 670 g/mol. The second-order valence-corrected chi connectivity index (χ2v) is 14.7. The highest BCUT2D eigenvalue weighted by Crippen LogP contribution is 2.69. The highest BCUT2D eigenvalue weighted by molar-refractivity contribution is 8.00. The quantitative estimate of drug-likeness (QED) is 0.145. The lowest BCUT2D eigenvalue weighted by molar-refractivity contribution is -0.385. The number of hydrogen-bond acceptors (Lipinski definition) is 10. The third-order valence-electron chi connectivity index (χ3n) is 10.1. The van der Waals surface area contributed by atoms with E-state index < -0.39 is 27.6 Å². The lowest BCUT2D eigenvalue weighted by Crippen LogP contribution is -2.42. The zero-order chi connectivity index (χ0) is 32.7. The summed E-state index contributed by atoms with van der Waals surface area (Å²) in [5, 5.41) is 23.7. The van der Waals surface area contributed by atoms with Crippen LogP contribution in [0.3, 0.4) is 0 Å². The fraction of sp³-hybridized carbons (Fsp3) is 0.303. The van der Waals surface area contributed by atoms with Crippen LogP contribution in [0.15, 0.2) is 76.6 Å². The van der Waals surface area contributed by atoms with Gasteiger partial charge in [0.05, 0.1) is 32.4 Å². The van der Waals surface area contributed by atoms with Gasteiger partial charge in [-0.2, -0.15) is 0 Å². The SMILES string of the molecule is Cc1ccc(COc2ccc([N+](=O)[O-])cc2C2c3sc(=O)[nH]c3SC3C2[C@H]2C[C@@H]3C3C(=O)N(c4ccc([N+](=O)[O-])cc4)C(=O)C32)cc1. The van der Waals surface area contributed by atoms with Crippen LogP contribution >= 0.6 is 23.1 Å². The number of carbonyl (C=O) groups excluding carboxylic acids is 2. The van der Waals surface area contributed by atoms with Gasteiger partial charge >= 0.3 is 4.87 Å². The summed E-state index contributed by atoms with van der Waals surface area (Å²) in [5.41, 5.74) is 2.64. The van der Waals surface area contributed by atoms with Crippen molar-refractivity contribution in [3.63, 3.8) is 0 Å². The predicted molar refractivity (Wildman–Crippen MR) is 173 cm³/mol. The summed E-state index contributed by atoms with van der Waals surface area (Å²) in [6, 6.07) is 17.8. The Hall–Kier alpha value is -4.82. The summed E-state index contributed by atoms with van der Waals surface area (Å²) in [5.74, 6) is -2.48. The number of H-pyrrole nitrogens is 1. The maximum Gasteiger partial charge on any atom is 0.305 e. The lowest BCUT2D eigenvalue weighted by atomic mass is 9.68. The van der Waals surface area contributed by atoms with Crippen LogP contribution in [0.25, 0.3) is 0 Å². The predicted octanol–water partition coefficient (Wildman–Crippen LogP) is 5.82. The number of thioether (sulfide) groups is 1. The molecule has 3 heterocycles. The van der Waals surface area contributed by atoms with E-state index in [0.717, 1.165) is 32.2 Å². The fourth-order valence-electron chi connectivity index (χ4n) is 8.21. The van der Waals surface area contributed by atoms with Gasteiger partial charge in [0.1, 0.15) is 12.4 Å². The number of aromatic amines is 1. The van der Waals surface area contributed by atoms with Crippen molar-refractivity contribution >= 4 is 52.0 Å². The molecule has 14 heteroatoms. The molecule has 238 valence electrons. The number of non-ortho nitro benzene ring substituents is 2. The van der Waals surface area contributed by atoms with Crippen LogP contribution in [-0.2, 0) is 16.2 Å². The van der Waals surface area contributed by atoms with Crippen LogP contribution in [0.5, 0.6) is 5.75 Å². The van der Waals surface area contributed by atoms with Gasteiger partial charge in [-0.05, 0) is 54.9 Å². The second-order valence-electron chi connectivity index (χ2n) is 12.5. The number of benzene rings is 3. The summed E-state index contributed by atoms with van der Waals surface area (Å²) >= 11 is 2.58. The van der Waals surface area contributed by atoms with Gasteiger partial charge in [-0.25, -0.2) is 0 Å². The average molecular weight is 671 g/mol. The molecule has 2 aliphatic carbocycles. The van der Waals surface area contributed by atoms with Gasteiger partial charge in [0, 0.05) is 45.9 Å². The molecule has 3 aromatic carbocycles. The standard InChI is InChI=1S/C33H26N4O8S2/c1-15-2-4-16(5-3-15)14-45-23-11-10-19(37(43)44)12-20(23)24-25-21-13-22(28(25)46-30-29(24)47-33(40)34-30)27-26(21)31(38)35(32(27)39)17-6-8-18(9-7-17)36(41)42/h2-12,21-22,24-28H,13-14H2,1H3,(H,34,40)/t21-,22-,24?,25?,26?,27?,28?/m1/s1. The van der Waals surface area contributed by atoms with Gasteiger partial charge in [-0.1, -0.05) is 41.2 Å². The second kappa shape index (κ2) is 10.9. The van der Waals surface area contributed by atoms with Crippen molar-refractivity contribution in [2.75, 3.05) is 4.90 Å². The minimum absolute atomic E-state index is 0.112.